The molecule has 2 N–H and O–H groups in total. The van der Waals surface area contributed by atoms with E-state index in [1.54, 1.807) is 36.1 Å². The van der Waals surface area contributed by atoms with Crippen molar-refractivity contribution in [1.29, 1.82) is 0 Å². The van der Waals surface area contributed by atoms with E-state index >= 15 is 0 Å². The highest BCUT2D eigenvalue weighted by Gasteiger charge is 2.19. The number of H-pyrrole nitrogens is 1. The van der Waals surface area contributed by atoms with Gasteiger partial charge in [-0.2, -0.15) is 9.49 Å². The first-order chi connectivity index (χ1) is 11.0. The summed E-state index contributed by atoms with van der Waals surface area (Å²) >= 11 is 0. The van der Waals surface area contributed by atoms with Gasteiger partial charge in [0.2, 0.25) is 5.82 Å². The molecule has 1 aromatic carbocycles. The van der Waals surface area contributed by atoms with E-state index in [0.717, 1.165) is 17.1 Å². The number of anilines is 2. The maximum absolute atomic E-state index is 14.1. The third-order valence-electron chi connectivity index (χ3n) is 3.46. The van der Waals surface area contributed by atoms with Crippen molar-refractivity contribution in [2.75, 3.05) is 12.4 Å². The van der Waals surface area contributed by atoms with Crippen LogP contribution in [0, 0.1) is 5.82 Å². The van der Waals surface area contributed by atoms with E-state index < -0.39 is 17.3 Å². The minimum Gasteiger partial charge on any atom is -0.465 e. The number of carbonyl (C=O) groups excluding carboxylic acids is 1. The molecular formula is C15H13FN4O3. The van der Waals surface area contributed by atoms with Crippen molar-refractivity contribution in [1.82, 2.24) is 14.8 Å². The second kappa shape index (κ2) is 5.56. The number of hydrogen-bond donors (Lipinski definition) is 2. The molecule has 0 aliphatic carbocycles. The van der Waals surface area contributed by atoms with E-state index in [4.69, 9.17) is 0 Å². The Bertz CT molecular complexity index is 961. The van der Waals surface area contributed by atoms with Crippen LogP contribution in [-0.2, 0) is 11.8 Å². The Hall–Kier alpha value is -3.16. The van der Waals surface area contributed by atoms with Gasteiger partial charge in [0.25, 0.3) is 5.56 Å². The number of aromatic nitrogens is 3. The van der Waals surface area contributed by atoms with Gasteiger partial charge in [-0.25, -0.2) is 4.79 Å². The lowest BCUT2D eigenvalue weighted by molar-refractivity contribution is 0.0601. The molecule has 0 spiro atoms. The third-order valence-corrected chi connectivity index (χ3v) is 3.46. The number of carbonyl (C=O) groups is 1. The molecule has 0 radical (unpaired) electrons. The normalized spacial score (nSPS) is 10.7. The van der Waals surface area contributed by atoms with Crippen molar-refractivity contribution in [2.24, 2.45) is 7.05 Å². The van der Waals surface area contributed by atoms with E-state index in [0.29, 0.717) is 5.69 Å². The van der Waals surface area contributed by atoms with Crippen molar-refractivity contribution in [3.05, 3.63) is 52.3 Å². The molecule has 3 rings (SSSR count). The molecule has 0 amide bonds. The number of fused-ring (bicyclic) bond motifs is 1. The maximum atomic E-state index is 14.1. The lowest BCUT2D eigenvalue weighted by atomic mass is 10.2. The fraction of sp³-hybridized carbons (Fsp3) is 0.133. The van der Waals surface area contributed by atoms with Crippen molar-refractivity contribution in [2.45, 2.75) is 0 Å². The van der Waals surface area contributed by atoms with E-state index in [1.165, 1.54) is 7.11 Å². The maximum Gasteiger partial charge on any atom is 0.341 e. The number of benzene rings is 1. The Morgan fingerprint density at radius 3 is 2.96 bits per heavy atom. The fourth-order valence-electron chi connectivity index (χ4n) is 2.26. The minimum absolute atomic E-state index is 0.102. The first-order valence-corrected chi connectivity index (χ1v) is 6.69. The molecule has 3 aromatic rings. The molecule has 0 saturated heterocycles. The molecule has 118 valence electrons. The van der Waals surface area contributed by atoms with E-state index in [-0.39, 0.29) is 11.3 Å². The first kappa shape index (κ1) is 14.8. The molecule has 8 heteroatoms. The molecule has 0 saturated carbocycles. The molecule has 23 heavy (non-hydrogen) atoms. The van der Waals surface area contributed by atoms with Crippen molar-refractivity contribution in [3.63, 3.8) is 0 Å². The third kappa shape index (κ3) is 2.54. The number of hydrogen-bond acceptors (Lipinski definition) is 5. The average molecular weight is 316 g/mol. The number of methoxy groups -OCH3 is 1. The lowest BCUT2D eigenvalue weighted by Crippen LogP contribution is -2.17. The van der Waals surface area contributed by atoms with Crippen LogP contribution >= 0.6 is 0 Å². The van der Waals surface area contributed by atoms with E-state index in [2.05, 4.69) is 20.1 Å². The van der Waals surface area contributed by atoms with Crippen LogP contribution < -0.4 is 10.9 Å². The topological polar surface area (TPSA) is 89.0 Å². The Morgan fingerprint density at radius 2 is 2.22 bits per heavy atom. The van der Waals surface area contributed by atoms with Gasteiger partial charge in [-0.3, -0.25) is 9.48 Å². The molecule has 0 aliphatic heterocycles. The fourth-order valence-corrected chi connectivity index (χ4v) is 2.26. The molecule has 2 aromatic heterocycles. The SMILES string of the molecule is COC(=O)c1c[nH]c(=O)c(F)c1Nc1ccc2cnn(C)c2c1. The monoisotopic (exact) mass is 316 g/mol. The molecule has 0 bridgehead atoms. The van der Waals surface area contributed by atoms with Gasteiger partial charge in [0, 0.05) is 24.3 Å². The number of aryl methyl sites for hydroxylation is 1. The van der Waals surface area contributed by atoms with Crippen molar-refractivity contribution in [3.8, 4) is 0 Å². The second-order valence-corrected chi connectivity index (χ2v) is 4.88. The molecular weight excluding hydrogens is 303 g/mol. The van der Waals surface area contributed by atoms with Gasteiger partial charge in [-0.15, -0.1) is 0 Å². The Morgan fingerprint density at radius 1 is 1.43 bits per heavy atom. The Kier molecular flexibility index (Phi) is 3.57. The van der Waals surface area contributed by atoms with Crippen LogP contribution in [0.1, 0.15) is 10.4 Å². The van der Waals surface area contributed by atoms with Crippen LogP contribution in [0.25, 0.3) is 10.9 Å². The summed E-state index contributed by atoms with van der Waals surface area (Å²) in [5.74, 6) is -1.85. The molecule has 0 atom stereocenters. The van der Waals surface area contributed by atoms with Crippen LogP contribution in [0.15, 0.2) is 35.4 Å². The minimum atomic E-state index is -1.09. The number of nitrogens with one attached hydrogen (secondary N) is 2. The average Bonchev–Trinajstić information content (AvgIpc) is 2.92. The van der Waals surface area contributed by atoms with Gasteiger partial charge >= 0.3 is 5.97 Å². The van der Waals surface area contributed by atoms with Crippen molar-refractivity contribution >= 4 is 28.2 Å². The molecule has 0 fully saturated rings. The molecule has 0 aliphatic rings. The van der Waals surface area contributed by atoms with Gasteiger partial charge in [0.1, 0.15) is 5.56 Å². The summed E-state index contributed by atoms with van der Waals surface area (Å²) < 4.78 is 20.4. The predicted molar refractivity (Wildman–Crippen MR) is 82.4 cm³/mol. The van der Waals surface area contributed by atoms with Crippen LogP contribution in [0.2, 0.25) is 0 Å². The highest BCUT2D eigenvalue weighted by Crippen LogP contribution is 2.25. The van der Waals surface area contributed by atoms with Gasteiger partial charge in [0.05, 0.1) is 24.5 Å². The van der Waals surface area contributed by atoms with Crippen LogP contribution in [0.3, 0.4) is 0 Å². The van der Waals surface area contributed by atoms with Crippen LogP contribution in [0.4, 0.5) is 15.8 Å². The number of pyridine rings is 1. The summed E-state index contributed by atoms with van der Waals surface area (Å²) in [6.45, 7) is 0. The zero-order valence-corrected chi connectivity index (χ0v) is 12.4. The summed E-state index contributed by atoms with van der Waals surface area (Å²) in [5, 5.41) is 7.80. The quantitative estimate of drug-likeness (QED) is 0.721. The second-order valence-electron chi connectivity index (χ2n) is 4.88. The highest BCUT2D eigenvalue weighted by molar-refractivity contribution is 5.96. The summed E-state index contributed by atoms with van der Waals surface area (Å²) in [4.78, 5) is 25.4. The van der Waals surface area contributed by atoms with Gasteiger partial charge in [-0.05, 0) is 18.2 Å². The lowest BCUT2D eigenvalue weighted by Gasteiger charge is -2.11. The number of rotatable bonds is 3. The van der Waals surface area contributed by atoms with Crippen molar-refractivity contribution < 1.29 is 13.9 Å². The van der Waals surface area contributed by atoms with E-state index in [9.17, 15) is 14.0 Å². The van der Waals surface area contributed by atoms with Gasteiger partial charge < -0.3 is 15.0 Å². The number of nitrogens with zero attached hydrogens (tertiary/aromatic N) is 2. The molecule has 2 heterocycles. The Labute approximate surface area is 129 Å². The smallest absolute Gasteiger partial charge is 0.341 e. The standard InChI is InChI=1S/C15H13FN4O3/c1-20-11-5-9(4-3-8(11)6-18-20)19-13-10(15(22)23-2)7-17-14(21)12(13)16/h3-7H,1-2H3,(H2,17,19,21). The van der Waals surface area contributed by atoms with Crippen LogP contribution in [-0.4, -0.2) is 27.8 Å². The largest absolute Gasteiger partial charge is 0.465 e. The van der Waals surface area contributed by atoms with E-state index in [1.807, 2.05) is 0 Å². The Balaban J connectivity index is 2.10. The first-order valence-electron chi connectivity index (χ1n) is 6.69. The number of ether oxygens (including phenoxy) is 1. The highest BCUT2D eigenvalue weighted by atomic mass is 19.1. The van der Waals surface area contributed by atoms with Gasteiger partial charge in [0.15, 0.2) is 0 Å². The predicted octanol–water partition coefficient (Wildman–Crippen LogP) is 1.93. The molecule has 0 unspecified atom stereocenters. The summed E-state index contributed by atoms with van der Waals surface area (Å²) in [6, 6.07) is 5.24. The zero-order valence-electron chi connectivity index (χ0n) is 12.4. The van der Waals surface area contributed by atoms with Gasteiger partial charge in [-0.1, -0.05) is 0 Å². The summed E-state index contributed by atoms with van der Waals surface area (Å²) in [6.07, 6.45) is 2.81. The number of halogens is 1. The summed E-state index contributed by atoms with van der Waals surface area (Å²) in [7, 11) is 2.95. The summed E-state index contributed by atoms with van der Waals surface area (Å²) in [5.41, 5.74) is 0.0641. The van der Waals surface area contributed by atoms with Crippen LogP contribution in [0.5, 0.6) is 0 Å². The molecule has 7 nitrogen and oxygen atoms in total. The number of aromatic amines is 1. The number of esters is 1. The zero-order chi connectivity index (χ0) is 16.6.